The van der Waals surface area contributed by atoms with Gasteiger partial charge in [0.1, 0.15) is 0 Å². The summed E-state index contributed by atoms with van der Waals surface area (Å²) in [6, 6.07) is 0. The van der Waals surface area contributed by atoms with Crippen molar-refractivity contribution in [1.82, 2.24) is 19.6 Å². The Balaban J connectivity index is 1.40. The molecule has 0 aliphatic carbocycles. The highest BCUT2D eigenvalue weighted by atomic mass is 16.2. The molecule has 3 amide bonds. The van der Waals surface area contributed by atoms with Crippen LogP contribution in [-0.2, 0) is 14.4 Å². The maximum Gasteiger partial charge on any atom is 0.236 e. The van der Waals surface area contributed by atoms with E-state index in [4.69, 9.17) is 0 Å². The molecule has 0 unspecified atom stereocenters. The number of carbonyl (C=O) groups excluding carboxylic acids is 3. The van der Waals surface area contributed by atoms with Gasteiger partial charge in [-0.1, -0.05) is 0 Å². The number of piperazine rings is 1. The van der Waals surface area contributed by atoms with Crippen LogP contribution in [-0.4, -0.2) is 96.2 Å². The van der Waals surface area contributed by atoms with Crippen molar-refractivity contribution >= 4 is 17.7 Å². The Hall–Kier alpha value is -1.63. The van der Waals surface area contributed by atoms with Gasteiger partial charge in [0.15, 0.2) is 0 Å². The zero-order chi connectivity index (χ0) is 17.8. The molecule has 0 saturated carbocycles. The SMILES string of the molecule is CC(=O)N1CCN(CC(=O)N2CCC(C(=O)N3CCCC3)CC2)CC1. The number of rotatable bonds is 3. The molecule has 0 atom stereocenters. The molecule has 3 fully saturated rings. The summed E-state index contributed by atoms with van der Waals surface area (Å²) in [6.45, 7) is 8.14. The van der Waals surface area contributed by atoms with Gasteiger partial charge in [0.25, 0.3) is 0 Å². The van der Waals surface area contributed by atoms with Crippen molar-refractivity contribution in [2.75, 3.05) is 58.9 Å². The number of nitrogens with zero attached hydrogens (tertiary/aromatic N) is 4. The lowest BCUT2D eigenvalue weighted by atomic mass is 9.95. The molecular formula is C18H30N4O3. The molecule has 0 aromatic rings. The molecule has 0 bridgehead atoms. The van der Waals surface area contributed by atoms with Crippen LogP contribution in [0.2, 0.25) is 0 Å². The Morgan fingerprint density at radius 1 is 0.760 bits per heavy atom. The fourth-order valence-electron chi connectivity index (χ4n) is 4.08. The molecule has 3 rings (SSSR count). The predicted octanol–water partition coefficient (Wildman–Crippen LogP) is 0.0115. The van der Waals surface area contributed by atoms with E-state index in [0.717, 1.165) is 51.9 Å². The van der Waals surface area contributed by atoms with Crippen molar-refractivity contribution in [3.8, 4) is 0 Å². The standard InChI is InChI=1S/C18H30N4O3/c1-15(23)20-12-10-19(11-13-20)14-17(24)21-8-4-16(5-9-21)18(25)22-6-2-3-7-22/h16H,2-14H2,1H3. The van der Waals surface area contributed by atoms with E-state index >= 15 is 0 Å². The zero-order valence-corrected chi connectivity index (χ0v) is 15.3. The molecule has 0 aromatic heterocycles. The van der Waals surface area contributed by atoms with E-state index in [9.17, 15) is 14.4 Å². The molecule has 0 N–H and O–H groups in total. The van der Waals surface area contributed by atoms with E-state index in [1.807, 2.05) is 14.7 Å². The molecule has 0 spiro atoms. The summed E-state index contributed by atoms with van der Waals surface area (Å²) in [7, 11) is 0. The third-order valence-corrected chi connectivity index (χ3v) is 5.79. The third-order valence-electron chi connectivity index (χ3n) is 5.79. The number of carbonyl (C=O) groups is 3. The van der Waals surface area contributed by atoms with Crippen LogP contribution in [0.3, 0.4) is 0 Å². The quantitative estimate of drug-likeness (QED) is 0.719. The fraction of sp³-hybridized carbons (Fsp3) is 0.833. The van der Waals surface area contributed by atoms with Gasteiger partial charge in [-0.05, 0) is 25.7 Å². The number of likely N-dealkylation sites (tertiary alicyclic amines) is 2. The Morgan fingerprint density at radius 3 is 1.92 bits per heavy atom. The highest BCUT2D eigenvalue weighted by Gasteiger charge is 2.31. The normalized spacial score (nSPS) is 23.2. The minimum absolute atomic E-state index is 0.0984. The summed E-state index contributed by atoms with van der Waals surface area (Å²) in [5.41, 5.74) is 0. The minimum atomic E-state index is 0.0984. The number of amides is 3. The largest absolute Gasteiger partial charge is 0.342 e. The van der Waals surface area contributed by atoms with Crippen LogP contribution in [0.1, 0.15) is 32.6 Å². The Bertz CT molecular complexity index is 502. The monoisotopic (exact) mass is 350 g/mol. The summed E-state index contributed by atoms with van der Waals surface area (Å²) < 4.78 is 0. The van der Waals surface area contributed by atoms with Crippen molar-refractivity contribution in [2.45, 2.75) is 32.6 Å². The van der Waals surface area contributed by atoms with Crippen LogP contribution in [0.4, 0.5) is 0 Å². The van der Waals surface area contributed by atoms with E-state index in [2.05, 4.69) is 4.90 Å². The number of hydrogen-bond acceptors (Lipinski definition) is 4. The van der Waals surface area contributed by atoms with Crippen LogP contribution in [0.15, 0.2) is 0 Å². The maximum atomic E-state index is 12.5. The van der Waals surface area contributed by atoms with Crippen molar-refractivity contribution in [3.05, 3.63) is 0 Å². The van der Waals surface area contributed by atoms with Crippen LogP contribution < -0.4 is 0 Å². The second-order valence-electron chi connectivity index (χ2n) is 7.47. The van der Waals surface area contributed by atoms with Gasteiger partial charge in [-0.2, -0.15) is 0 Å². The molecule has 140 valence electrons. The van der Waals surface area contributed by atoms with Crippen LogP contribution >= 0.6 is 0 Å². The van der Waals surface area contributed by atoms with Crippen molar-refractivity contribution in [3.63, 3.8) is 0 Å². The first-order chi connectivity index (χ1) is 12.0. The van der Waals surface area contributed by atoms with Gasteiger partial charge in [-0.15, -0.1) is 0 Å². The third kappa shape index (κ3) is 4.51. The molecular weight excluding hydrogens is 320 g/mol. The number of piperidine rings is 1. The summed E-state index contributed by atoms with van der Waals surface area (Å²) >= 11 is 0. The molecule has 7 heteroatoms. The smallest absolute Gasteiger partial charge is 0.236 e. The molecule has 3 saturated heterocycles. The first kappa shape index (κ1) is 18.2. The van der Waals surface area contributed by atoms with E-state index in [-0.39, 0.29) is 17.7 Å². The average molecular weight is 350 g/mol. The highest BCUT2D eigenvalue weighted by molar-refractivity contribution is 5.81. The second-order valence-corrected chi connectivity index (χ2v) is 7.47. The van der Waals surface area contributed by atoms with Gasteiger partial charge in [-0.3, -0.25) is 19.3 Å². The van der Waals surface area contributed by atoms with Crippen molar-refractivity contribution < 1.29 is 14.4 Å². The van der Waals surface area contributed by atoms with E-state index in [1.165, 1.54) is 0 Å². The average Bonchev–Trinajstić information content (AvgIpc) is 3.16. The first-order valence-corrected chi connectivity index (χ1v) is 9.59. The Morgan fingerprint density at radius 2 is 1.36 bits per heavy atom. The molecule has 25 heavy (non-hydrogen) atoms. The van der Waals surface area contributed by atoms with Crippen molar-refractivity contribution in [2.24, 2.45) is 5.92 Å². The lowest BCUT2D eigenvalue weighted by Crippen LogP contribution is -2.52. The topological polar surface area (TPSA) is 64.2 Å². The van der Waals surface area contributed by atoms with E-state index in [0.29, 0.717) is 38.6 Å². The van der Waals surface area contributed by atoms with Crippen LogP contribution in [0, 0.1) is 5.92 Å². The summed E-state index contributed by atoms with van der Waals surface area (Å²) in [4.78, 5) is 44.2. The van der Waals surface area contributed by atoms with Gasteiger partial charge in [0, 0.05) is 65.2 Å². The highest BCUT2D eigenvalue weighted by Crippen LogP contribution is 2.22. The molecule has 3 aliphatic heterocycles. The summed E-state index contributed by atoms with van der Waals surface area (Å²) in [6.07, 6.45) is 3.83. The Kier molecular flexibility index (Phi) is 5.93. The summed E-state index contributed by atoms with van der Waals surface area (Å²) in [5.74, 6) is 0.658. The Labute approximate surface area is 149 Å². The van der Waals surface area contributed by atoms with Crippen LogP contribution in [0.5, 0.6) is 0 Å². The van der Waals surface area contributed by atoms with Gasteiger partial charge >= 0.3 is 0 Å². The predicted molar refractivity (Wildman–Crippen MR) is 93.8 cm³/mol. The molecule has 3 aliphatic rings. The molecule has 0 aromatic carbocycles. The van der Waals surface area contributed by atoms with Crippen molar-refractivity contribution in [1.29, 1.82) is 0 Å². The fourth-order valence-corrected chi connectivity index (χ4v) is 4.08. The second kappa shape index (κ2) is 8.17. The van der Waals surface area contributed by atoms with Crippen LogP contribution in [0.25, 0.3) is 0 Å². The lowest BCUT2D eigenvalue weighted by Gasteiger charge is -2.37. The molecule has 0 radical (unpaired) electrons. The van der Waals surface area contributed by atoms with Gasteiger partial charge in [0.2, 0.25) is 17.7 Å². The van der Waals surface area contributed by atoms with E-state index < -0.39 is 0 Å². The minimum Gasteiger partial charge on any atom is -0.342 e. The molecule has 7 nitrogen and oxygen atoms in total. The summed E-state index contributed by atoms with van der Waals surface area (Å²) in [5, 5.41) is 0. The van der Waals surface area contributed by atoms with Gasteiger partial charge < -0.3 is 14.7 Å². The number of hydrogen-bond donors (Lipinski definition) is 0. The molecule has 3 heterocycles. The van der Waals surface area contributed by atoms with Gasteiger partial charge in [0.05, 0.1) is 6.54 Å². The lowest BCUT2D eigenvalue weighted by molar-refractivity contribution is -0.141. The van der Waals surface area contributed by atoms with Gasteiger partial charge in [-0.25, -0.2) is 0 Å². The first-order valence-electron chi connectivity index (χ1n) is 9.59. The maximum absolute atomic E-state index is 12.5. The van der Waals surface area contributed by atoms with E-state index in [1.54, 1.807) is 6.92 Å². The zero-order valence-electron chi connectivity index (χ0n) is 15.3.